The number of anilines is 3. The zero-order chi connectivity index (χ0) is 30.6. The summed E-state index contributed by atoms with van der Waals surface area (Å²) in [7, 11) is 1.46. The van der Waals surface area contributed by atoms with Crippen LogP contribution in [0.3, 0.4) is 0 Å². The average molecular weight is 577 g/mol. The van der Waals surface area contributed by atoms with Crippen molar-refractivity contribution in [1.82, 2.24) is 5.32 Å². The van der Waals surface area contributed by atoms with Crippen molar-refractivity contribution in [3.63, 3.8) is 0 Å². The summed E-state index contributed by atoms with van der Waals surface area (Å²) in [6.45, 7) is 1.88. The molecule has 3 aromatic carbocycles. The van der Waals surface area contributed by atoms with E-state index in [9.17, 15) is 29.1 Å². The molecule has 12 nitrogen and oxygen atoms in total. The molecule has 0 saturated heterocycles. The minimum atomic E-state index is -1.14. The number of carboxylic acids is 2. The van der Waals surface area contributed by atoms with Crippen LogP contribution in [0.25, 0.3) is 0 Å². The second-order valence-corrected chi connectivity index (χ2v) is 9.39. The third kappa shape index (κ3) is 9.66. The van der Waals surface area contributed by atoms with Crippen LogP contribution >= 0.6 is 0 Å². The van der Waals surface area contributed by atoms with Gasteiger partial charge in [-0.1, -0.05) is 36.4 Å². The van der Waals surface area contributed by atoms with Gasteiger partial charge in [0.2, 0.25) is 11.8 Å². The topological polar surface area (TPSA) is 183 Å². The Kier molecular flexibility index (Phi) is 11.0. The first-order valence-electron chi connectivity index (χ1n) is 13.0. The summed E-state index contributed by atoms with van der Waals surface area (Å²) in [4.78, 5) is 59.2. The molecule has 3 aromatic rings. The van der Waals surface area contributed by atoms with Gasteiger partial charge in [-0.3, -0.25) is 19.2 Å². The molecule has 0 aliphatic rings. The van der Waals surface area contributed by atoms with Crippen LogP contribution in [0.4, 0.5) is 21.9 Å². The van der Waals surface area contributed by atoms with E-state index in [1.165, 1.54) is 7.11 Å². The van der Waals surface area contributed by atoms with Crippen molar-refractivity contribution in [2.75, 3.05) is 23.1 Å². The van der Waals surface area contributed by atoms with Gasteiger partial charge in [0.1, 0.15) is 5.75 Å². The summed E-state index contributed by atoms with van der Waals surface area (Å²) in [5, 5.41) is 28.8. The van der Waals surface area contributed by atoms with Crippen LogP contribution in [0.2, 0.25) is 0 Å². The number of rotatable bonds is 13. The van der Waals surface area contributed by atoms with Gasteiger partial charge in [-0.05, 0) is 53.9 Å². The molecule has 3 rings (SSSR count). The molecule has 12 heteroatoms. The van der Waals surface area contributed by atoms with Gasteiger partial charge in [0.15, 0.2) is 0 Å². The van der Waals surface area contributed by atoms with Gasteiger partial charge in [0.25, 0.3) is 0 Å². The average Bonchev–Trinajstić information content (AvgIpc) is 2.93. The Morgan fingerprint density at radius 1 is 0.786 bits per heavy atom. The number of methoxy groups -OCH3 is 1. The first-order valence-corrected chi connectivity index (χ1v) is 13.0. The molecule has 0 fully saturated rings. The number of urea groups is 1. The fourth-order valence-electron chi connectivity index (χ4n) is 4.04. The Hall–Kier alpha value is -5.39. The van der Waals surface area contributed by atoms with Crippen LogP contribution in [0.5, 0.6) is 5.75 Å². The zero-order valence-electron chi connectivity index (χ0n) is 23.1. The van der Waals surface area contributed by atoms with Crippen molar-refractivity contribution in [1.29, 1.82) is 0 Å². The first-order chi connectivity index (χ1) is 20.0. The number of carbonyl (C=O) groups excluding carboxylic acids is 3. The number of aliphatic carboxylic acids is 2. The normalized spacial score (nSPS) is 11.1. The lowest BCUT2D eigenvalue weighted by molar-refractivity contribution is -0.140. The smallest absolute Gasteiger partial charge is 0.323 e. The lowest BCUT2D eigenvalue weighted by Gasteiger charge is -2.18. The number of carboxylic acid groups (broad SMARTS) is 2. The van der Waals surface area contributed by atoms with Gasteiger partial charge in [-0.25, -0.2) is 4.79 Å². The highest BCUT2D eigenvalue weighted by atomic mass is 16.5. The maximum Gasteiger partial charge on any atom is 0.323 e. The molecular weight excluding hydrogens is 544 g/mol. The SMILES string of the molecule is COc1cc(CC(=O)Nc2ccc(C(CC(=O)O)NC(=O)CCC(=O)O)cc2)ccc1NC(=O)Nc1ccccc1C. The van der Waals surface area contributed by atoms with Crippen LogP contribution in [0, 0.1) is 6.92 Å². The standard InChI is InChI=1S/C30H32N4O8/c1-18-5-3-4-6-22(18)33-30(41)34-23-12-7-19(15-25(23)42-2)16-27(36)31-21-10-8-20(9-11-21)24(17-29(39)40)32-26(35)13-14-28(37)38/h3-12,15,24H,13-14,16-17H2,1-2H3,(H,31,36)(H,32,35)(H,37,38)(H,39,40)(H2,33,34,41). The van der Waals surface area contributed by atoms with E-state index in [1.54, 1.807) is 48.5 Å². The van der Waals surface area contributed by atoms with Gasteiger partial charge < -0.3 is 36.2 Å². The second-order valence-electron chi connectivity index (χ2n) is 9.39. The van der Waals surface area contributed by atoms with Gasteiger partial charge >= 0.3 is 18.0 Å². The molecule has 42 heavy (non-hydrogen) atoms. The molecule has 0 saturated carbocycles. The quantitative estimate of drug-likeness (QED) is 0.174. The molecular formula is C30H32N4O8. The van der Waals surface area contributed by atoms with E-state index in [0.717, 1.165) is 5.56 Å². The van der Waals surface area contributed by atoms with Crippen molar-refractivity contribution < 1.29 is 38.9 Å². The highest BCUT2D eigenvalue weighted by molar-refractivity contribution is 6.01. The van der Waals surface area contributed by atoms with Crippen LogP contribution in [-0.2, 0) is 25.6 Å². The summed E-state index contributed by atoms with van der Waals surface area (Å²) in [6, 6.07) is 17.3. The Morgan fingerprint density at radius 3 is 2.12 bits per heavy atom. The first kappa shape index (κ1) is 31.1. The fourth-order valence-corrected chi connectivity index (χ4v) is 4.04. The zero-order valence-corrected chi connectivity index (χ0v) is 23.1. The van der Waals surface area contributed by atoms with Crippen LogP contribution in [0.1, 0.15) is 42.0 Å². The lowest BCUT2D eigenvalue weighted by atomic mass is 10.0. The Bertz CT molecular complexity index is 1460. The van der Waals surface area contributed by atoms with Crippen molar-refractivity contribution in [3.8, 4) is 5.75 Å². The van der Waals surface area contributed by atoms with Crippen molar-refractivity contribution in [2.24, 2.45) is 0 Å². The molecule has 0 bridgehead atoms. The molecule has 0 spiro atoms. The van der Waals surface area contributed by atoms with Crippen molar-refractivity contribution in [2.45, 2.75) is 38.6 Å². The summed E-state index contributed by atoms with van der Waals surface area (Å²) < 4.78 is 5.40. The van der Waals surface area contributed by atoms with E-state index in [2.05, 4.69) is 21.3 Å². The molecule has 1 atom stereocenters. The number of nitrogens with one attached hydrogen (secondary N) is 4. The molecule has 1 unspecified atom stereocenters. The van der Waals surface area contributed by atoms with E-state index < -0.39 is 36.3 Å². The second kappa shape index (κ2) is 14.8. The summed E-state index contributed by atoms with van der Waals surface area (Å²) in [6.07, 6.45) is -1.03. The Labute approximate surface area is 242 Å². The summed E-state index contributed by atoms with van der Waals surface area (Å²) >= 11 is 0. The Balaban J connectivity index is 1.60. The van der Waals surface area contributed by atoms with Gasteiger partial charge in [-0.2, -0.15) is 0 Å². The molecule has 0 aromatic heterocycles. The Morgan fingerprint density at radius 2 is 1.48 bits per heavy atom. The number of aryl methyl sites for hydroxylation is 1. The third-order valence-electron chi connectivity index (χ3n) is 6.15. The van der Waals surface area contributed by atoms with Gasteiger partial charge in [-0.15, -0.1) is 0 Å². The predicted octanol–water partition coefficient (Wildman–Crippen LogP) is 4.33. The summed E-state index contributed by atoms with van der Waals surface area (Å²) in [5.74, 6) is -2.80. The van der Waals surface area contributed by atoms with E-state index in [-0.39, 0.29) is 25.2 Å². The lowest BCUT2D eigenvalue weighted by Crippen LogP contribution is -2.30. The third-order valence-corrected chi connectivity index (χ3v) is 6.15. The molecule has 6 N–H and O–H groups in total. The number of carbonyl (C=O) groups is 5. The monoisotopic (exact) mass is 576 g/mol. The number of para-hydroxylation sites is 1. The summed E-state index contributed by atoms with van der Waals surface area (Å²) in [5.41, 5.74) is 3.58. The van der Waals surface area contributed by atoms with E-state index in [1.807, 2.05) is 25.1 Å². The van der Waals surface area contributed by atoms with Crippen molar-refractivity contribution in [3.05, 3.63) is 83.4 Å². The minimum Gasteiger partial charge on any atom is -0.495 e. The van der Waals surface area contributed by atoms with E-state index >= 15 is 0 Å². The molecule has 0 radical (unpaired) electrons. The van der Waals surface area contributed by atoms with E-state index in [4.69, 9.17) is 9.84 Å². The van der Waals surface area contributed by atoms with E-state index in [0.29, 0.717) is 33.9 Å². The molecule has 0 heterocycles. The minimum absolute atomic E-state index is 0.00900. The highest BCUT2D eigenvalue weighted by Gasteiger charge is 2.19. The molecule has 4 amide bonds. The highest BCUT2D eigenvalue weighted by Crippen LogP contribution is 2.27. The number of hydrogen-bond donors (Lipinski definition) is 6. The maximum atomic E-state index is 12.7. The number of ether oxygens (including phenoxy) is 1. The van der Waals surface area contributed by atoms with Gasteiger partial charge in [0.05, 0.1) is 38.1 Å². The largest absolute Gasteiger partial charge is 0.495 e. The van der Waals surface area contributed by atoms with Crippen molar-refractivity contribution >= 4 is 46.8 Å². The number of hydrogen-bond acceptors (Lipinski definition) is 6. The van der Waals surface area contributed by atoms with Crippen LogP contribution < -0.4 is 26.0 Å². The molecule has 0 aliphatic heterocycles. The fraction of sp³-hybridized carbons (Fsp3) is 0.233. The molecule has 0 aliphatic carbocycles. The number of amides is 4. The number of benzene rings is 3. The molecule has 220 valence electrons. The van der Waals surface area contributed by atoms with Gasteiger partial charge in [0, 0.05) is 17.8 Å². The van der Waals surface area contributed by atoms with Crippen LogP contribution in [0.15, 0.2) is 66.7 Å². The predicted molar refractivity (Wildman–Crippen MR) is 156 cm³/mol. The van der Waals surface area contributed by atoms with Crippen LogP contribution in [-0.4, -0.2) is 47.1 Å². The maximum absolute atomic E-state index is 12.7.